The highest BCUT2D eigenvalue weighted by atomic mass is 16.5. The van der Waals surface area contributed by atoms with Gasteiger partial charge in [0, 0.05) is 11.5 Å². The normalized spacial score (nSPS) is 11.4. The summed E-state index contributed by atoms with van der Waals surface area (Å²) in [6, 6.07) is 25.3. The number of fused-ring (bicyclic) bond motifs is 1. The maximum Gasteiger partial charge on any atom is 0.231 e. The molecule has 0 atom stereocenters. The highest BCUT2D eigenvalue weighted by Gasteiger charge is 2.15. The lowest BCUT2D eigenvalue weighted by atomic mass is 9.93. The third-order valence-corrected chi connectivity index (χ3v) is 4.90. The molecule has 0 unspecified atom stereocenters. The molecule has 144 valence electrons. The quantitative estimate of drug-likeness (QED) is 0.274. The molecule has 29 heavy (non-hydrogen) atoms. The zero-order valence-electron chi connectivity index (χ0n) is 16.3. The number of rotatable bonds is 5. The zero-order valence-corrected chi connectivity index (χ0v) is 16.3. The van der Waals surface area contributed by atoms with Gasteiger partial charge < -0.3 is 14.7 Å². The molecule has 0 radical (unpaired) electrons. The first-order valence-corrected chi connectivity index (χ1v) is 9.31. The van der Waals surface area contributed by atoms with Gasteiger partial charge in [0.05, 0.1) is 19.8 Å². The lowest BCUT2D eigenvalue weighted by Crippen LogP contribution is -2.27. The molecule has 4 rings (SSSR count). The van der Waals surface area contributed by atoms with Crippen molar-refractivity contribution < 1.29 is 14.2 Å². The van der Waals surface area contributed by atoms with Crippen LogP contribution in [0.3, 0.4) is 0 Å². The average molecular weight is 383 g/mol. The van der Waals surface area contributed by atoms with Crippen LogP contribution >= 0.6 is 0 Å². The second kappa shape index (κ2) is 8.07. The maximum absolute atomic E-state index is 12.6. The molecule has 0 aliphatic heterocycles. The van der Waals surface area contributed by atoms with E-state index in [0.29, 0.717) is 5.52 Å². The molecule has 0 saturated carbocycles. The standard InChI is InChI=1S/C25H21NO3/c1-28-21-12-8-18(9-13-21)17-24(19-10-14-22(29-2)15-11-19)23-7-3-5-20-6-4-16-26(27)25(20)23/h3-17H,1-2H3/b24-17+. The van der Waals surface area contributed by atoms with Crippen LogP contribution in [0, 0.1) is 5.21 Å². The Hall–Kier alpha value is -3.79. The van der Waals surface area contributed by atoms with Crippen molar-refractivity contribution in [2.45, 2.75) is 0 Å². The molecule has 4 aromatic rings. The summed E-state index contributed by atoms with van der Waals surface area (Å²) in [5, 5.41) is 13.5. The maximum atomic E-state index is 12.6. The van der Waals surface area contributed by atoms with Crippen molar-refractivity contribution in [3.8, 4) is 11.5 Å². The van der Waals surface area contributed by atoms with Crippen LogP contribution in [0.15, 0.2) is 85.1 Å². The summed E-state index contributed by atoms with van der Waals surface area (Å²) in [4.78, 5) is 0. The Balaban J connectivity index is 1.94. The van der Waals surface area contributed by atoms with Crippen molar-refractivity contribution in [3.05, 3.63) is 107 Å². The lowest BCUT2D eigenvalue weighted by molar-refractivity contribution is -0.577. The largest absolute Gasteiger partial charge is 0.618 e. The van der Waals surface area contributed by atoms with Crippen LogP contribution < -0.4 is 14.2 Å². The predicted molar refractivity (Wildman–Crippen MR) is 116 cm³/mol. The predicted octanol–water partition coefficient (Wildman–Crippen LogP) is 5.08. The summed E-state index contributed by atoms with van der Waals surface area (Å²) < 4.78 is 11.5. The fraction of sp³-hybridized carbons (Fsp3) is 0.0800. The molecular formula is C25H21NO3. The van der Waals surface area contributed by atoms with Gasteiger partial charge >= 0.3 is 0 Å². The van der Waals surface area contributed by atoms with E-state index < -0.39 is 0 Å². The highest BCUT2D eigenvalue weighted by Crippen LogP contribution is 2.31. The molecule has 1 heterocycles. The fourth-order valence-electron chi connectivity index (χ4n) is 3.41. The molecule has 0 aliphatic rings. The number of benzene rings is 3. The minimum atomic E-state index is 0.644. The SMILES string of the molecule is COc1ccc(/C=C(\c2ccc(OC)cc2)c2cccc3ccc[n+]([O-])c23)cc1. The summed E-state index contributed by atoms with van der Waals surface area (Å²) in [6.45, 7) is 0. The van der Waals surface area contributed by atoms with Gasteiger partial charge in [-0.15, -0.1) is 0 Å². The Labute approximate surface area is 169 Å². The molecule has 0 saturated heterocycles. The van der Waals surface area contributed by atoms with Crippen molar-refractivity contribution >= 4 is 22.6 Å². The molecule has 4 heteroatoms. The zero-order chi connectivity index (χ0) is 20.2. The fourth-order valence-corrected chi connectivity index (χ4v) is 3.41. The van der Waals surface area contributed by atoms with E-state index in [1.807, 2.05) is 72.8 Å². The van der Waals surface area contributed by atoms with E-state index in [4.69, 9.17) is 9.47 Å². The summed E-state index contributed by atoms with van der Waals surface area (Å²) in [7, 11) is 3.30. The Morgan fingerprint density at radius 2 is 1.41 bits per heavy atom. The molecule has 4 nitrogen and oxygen atoms in total. The summed E-state index contributed by atoms with van der Waals surface area (Å²) in [6.07, 6.45) is 3.62. The first-order chi connectivity index (χ1) is 14.2. The minimum Gasteiger partial charge on any atom is -0.618 e. The minimum absolute atomic E-state index is 0.644. The van der Waals surface area contributed by atoms with E-state index in [1.54, 1.807) is 20.3 Å². The Morgan fingerprint density at radius 1 is 0.793 bits per heavy atom. The second-order valence-corrected chi connectivity index (χ2v) is 6.64. The molecule has 0 fully saturated rings. The van der Waals surface area contributed by atoms with Crippen LogP contribution in [0.5, 0.6) is 11.5 Å². The topological polar surface area (TPSA) is 45.4 Å². The van der Waals surface area contributed by atoms with Crippen LogP contribution in [0.25, 0.3) is 22.6 Å². The van der Waals surface area contributed by atoms with Gasteiger partial charge in [-0.1, -0.05) is 30.3 Å². The van der Waals surface area contributed by atoms with Gasteiger partial charge in [-0.2, -0.15) is 4.73 Å². The summed E-state index contributed by atoms with van der Waals surface area (Å²) >= 11 is 0. The monoisotopic (exact) mass is 383 g/mol. The number of methoxy groups -OCH3 is 2. The van der Waals surface area contributed by atoms with E-state index in [2.05, 4.69) is 6.08 Å². The number of ether oxygens (including phenoxy) is 2. The second-order valence-electron chi connectivity index (χ2n) is 6.64. The molecule has 0 N–H and O–H groups in total. The molecular weight excluding hydrogens is 362 g/mol. The lowest BCUT2D eigenvalue weighted by Gasteiger charge is -2.12. The Kier molecular flexibility index (Phi) is 5.16. The van der Waals surface area contributed by atoms with E-state index in [0.717, 1.165) is 43.9 Å². The first kappa shape index (κ1) is 18.6. The van der Waals surface area contributed by atoms with E-state index in [1.165, 1.54) is 6.20 Å². The number of nitrogens with zero attached hydrogens (tertiary/aromatic N) is 1. The van der Waals surface area contributed by atoms with E-state index in [9.17, 15) is 5.21 Å². The third-order valence-electron chi connectivity index (χ3n) is 4.90. The molecule has 0 spiro atoms. The number of para-hydroxylation sites is 1. The molecule has 3 aromatic carbocycles. The first-order valence-electron chi connectivity index (χ1n) is 9.31. The molecule has 0 bridgehead atoms. The van der Waals surface area contributed by atoms with Crippen molar-refractivity contribution in [2.75, 3.05) is 14.2 Å². The van der Waals surface area contributed by atoms with E-state index >= 15 is 0 Å². The summed E-state index contributed by atoms with van der Waals surface area (Å²) in [5.74, 6) is 1.59. The van der Waals surface area contributed by atoms with Gasteiger partial charge in [0.1, 0.15) is 11.5 Å². The van der Waals surface area contributed by atoms with Crippen LogP contribution in [-0.4, -0.2) is 14.2 Å². The van der Waals surface area contributed by atoms with Crippen molar-refractivity contribution in [2.24, 2.45) is 0 Å². The number of aromatic nitrogens is 1. The molecule has 0 amide bonds. The number of pyridine rings is 1. The Bertz CT molecular complexity index is 1160. The molecule has 1 aromatic heterocycles. The number of hydrogen-bond donors (Lipinski definition) is 0. The van der Waals surface area contributed by atoms with Crippen LogP contribution in [0.1, 0.15) is 16.7 Å². The highest BCUT2D eigenvalue weighted by molar-refractivity contribution is 5.99. The average Bonchev–Trinajstić information content (AvgIpc) is 2.78. The number of hydrogen-bond acceptors (Lipinski definition) is 3. The van der Waals surface area contributed by atoms with Crippen LogP contribution in [-0.2, 0) is 0 Å². The van der Waals surface area contributed by atoms with Crippen molar-refractivity contribution in [1.29, 1.82) is 0 Å². The van der Waals surface area contributed by atoms with Crippen LogP contribution in [0.2, 0.25) is 0 Å². The van der Waals surface area contributed by atoms with Gasteiger partial charge in [-0.25, -0.2) is 0 Å². The third kappa shape index (κ3) is 3.78. The van der Waals surface area contributed by atoms with Gasteiger partial charge in [-0.3, -0.25) is 0 Å². The van der Waals surface area contributed by atoms with Crippen molar-refractivity contribution in [3.63, 3.8) is 0 Å². The smallest absolute Gasteiger partial charge is 0.231 e. The van der Waals surface area contributed by atoms with Crippen LogP contribution in [0.4, 0.5) is 0 Å². The van der Waals surface area contributed by atoms with Gasteiger partial charge in [0.15, 0.2) is 6.20 Å². The Morgan fingerprint density at radius 3 is 2.07 bits per heavy atom. The molecule has 0 aliphatic carbocycles. The summed E-state index contributed by atoms with van der Waals surface area (Å²) in [5.41, 5.74) is 4.49. The van der Waals surface area contributed by atoms with Crippen molar-refractivity contribution in [1.82, 2.24) is 0 Å². The van der Waals surface area contributed by atoms with Gasteiger partial charge in [0.2, 0.25) is 5.52 Å². The van der Waals surface area contributed by atoms with Gasteiger partial charge in [0.25, 0.3) is 0 Å². The van der Waals surface area contributed by atoms with E-state index in [-0.39, 0.29) is 0 Å². The van der Waals surface area contributed by atoms with Gasteiger partial charge in [-0.05, 0) is 65.2 Å².